The summed E-state index contributed by atoms with van der Waals surface area (Å²) in [5.74, 6) is 0. The van der Waals surface area contributed by atoms with E-state index in [9.17, 15) is 4.79 Å². The van der Waals surface area contributed by atoms with Crippen LogP contribution in [0.15, 0.2) is 0 Å². The molecule has 9 heavy (non-hydrogen) atoms. The maximum Gasteiger partial charge on any atom is 0.316 e. The topological polar surface area (TPSA) is 41.1 Å². The van der Waals surface area contributed by atoms with Crippen LogP contribution in [0.25, 0.3) is 0 Å². The monoisotopic (exact) mass is 146 g/mol. The third-order valence-corrected chi connectivity index (χ3v) is 2.13. The van der Waals surface area contributed by atoms with Crippen molar-refractivity contribution in [2.45, 2.75) is 24.6 Å². The van der Waals surface area contributed by atoms with Gasteiger partial charge in [0.25, 0.3) is 0 Å². The van der Waals surface area contributed by atoms with E-state index in [1.165, 1.54) is 0 Å². The normalized spacial score (nSPS) is 35.1. The van der Waals surface area contributed by atoms with E-state index in [1.807, 2.05) is 13.8 Å². The van der Waals surface area contributed by atoms with Crippen molar-refractivity contribution in [2.75, 3.05) is 0 Å². The van der Waals surface area contributed by atoms with Crippen LogP contribution in [0.2, 0.25) is 0 Å². The number of rotatable bonds is 0. The van der Waals surface area contributed by atoms with E-state index in [-0.39, 0.29) is 16.8 Å². The van der Waals surface area contributed by atoms with Crippen molar-refractivity contribution in [3.63, 3.8) is 0 Å². The van der Waals surface area contributed by atoms with E-state index in [1.54, 1.807) is 11.8 Å². The second-order valence-electron chi connectivity index (χ2n) is 2.04. The molecule has 0 aliphatic carbocycles. The molecule has 2 unspecified atom stereocenters. The van der Waals surface area contributed by atoms with Crippen LogP contribution in [0, 0.1) is 0 Å². The number of hydrogen-bond acceptors (Lipinski definition) is 2. The van der Waals surface area contributed by atoms with E-state index in [4.69, 9.17) is 0 Å². The zero-order valence-corrected chi connectivity index (χ0v) is 6.29. The lowest BCUT2D eigenvalue weighted by Gasteiger charge is -2.25. The minimum atomic E-state index is -0.0613. The van der Waals surface area contributed by atoms with Gasteiger partial charge in [-0.05, 0) is 13.8 Å². The molecule has 2 atom stereocenters. The van der Waals surface area contributed by atoms with Crippen LogP contribution in [0.3, 0.4) is 0 Å². The highest BCUT2D eigenvalue weighted by Crippen LogP contribution is 2.15. The Hall–Kier alpha value is -0.380. The van der Waals surface area contributed by atoms with Gasteiger partial charge in [-0.25, -0.2) is 4.79 Å². The fourth-order valence-electron chi connectivity index (χ4n) is 0.785. The molecule has 0 spiro atoms. The Balaban J connectivity index is 2.43. The largest absolute Gasteiger partial charge is 0.327 e. The van der Waals surface area contributed by atoms with Crippen molar-refractivity contribution in [2.24, 2.45) is 0 Å². The minimum Gasteiger partial charge on any atom is -0.327 e. The van der Waals surface area contributed by atoms with E-state index in [0.29, 0.717) is 0 Å². The Morgan fingerprint density at radius 1 is 1.33 bits per heavy atom. The van der Waals surface area contributed by atoms with Crippen LogP contribution in [-0.4, -0.2) is 16.8 Å². The van der Waals surface area contributed by atoms with Gasteiger partial charge in [-0.15, -0.1) is 11.8 Å². The van der Waals surface area contributed by atoms with E-state index in [2.05, 4.69) is 10.6 Å². The zero-order valence-electron chi connectivity index (χ0n) is 5.47. The van der Waals surface area contributed by atoms with Crippen molar-refractivity contribution in [3.8, 4) is 0 Å². The Morgan fingerprint density at radius 3 is 2.11 bits per heavy atom. The lowest BCUT2D eigenvalue weighted by atomic mass is 10.6. The van der Waals surface area contributed by atoms with E-state index in [0.717, 1.165) is 0 Å². The summed E-state index contributed by atoms with van der Waals surface area (Å²) in [7, 11) is 0. The number of hydrogen-bond donors (Lipinski definition) is 2. The van der Waals surface area contributed by atoms with Gasteiger partial charge in [0.1, 0.15) is 0 Å². The van der Waals surface area contributed by atoms with Crippen LogP contribution in [0.4, 0.5) is 4.79 Å². The van der Waals surface area contributed by atoms with Crippen molar-refractivity contribution in [3.05, 3.63) is 0 Å². The molecule has 2 N–H and O–H groups in total. The molecule has 0 aromatic rings. The fraction of sp³-hybridized carbons (Fsp3) is 0.800. The lowest BCUT2D eigenvalue weighted by Crippen LogP contribution is -2.48. The van der Waals surface area contributed by atoms with Gasteiger partial charge in [-0.2, -0.15) is 0 Å². The Kier molecular flexibility index (Phi) is 1.85. The smallest absolute Gasteiger partial charge is 0.316 e. The first-order valence-electron chi connectivity index (χ1n) is 2.91. The quantitative estimate of drug-likeness (QED) is 0.529. The molecule has 4 heteroatoms. The number of nitrogens with one attached hydrogen (secondary N) is 2. The van der Waals surface area contributed by atoms with Crippen molar-refractivity contribution in [1.29, 1.82) is 0 Å². The first-order chi connectivity index (χ1) is 4.18. The maximum absolute atomic E-state index is 10.6. The van der Waals surface area contributed by atoms with Crippen molar-refractivity contribution >= 4 is 17.8 Å². The maximum atomic E-state index is 10.6. The molecule has 1 saturated heterocycles. The molecular weight excluding hydrogens is 136 g/mol. The van der Waals surface area contributed by atoms with Crippen molar-refractivity contribution in [1.82, 2.24) is 10.6 Å². The molecule has 0 aromatic heterocycles. The molecule has 0 saturated carbocycles. The molecule has 1 aliphatic rings. The van der Waals surface area contributed by atoms with Gasteiger partial charge >= 0.3 is 6.03 Å². The third kappa shape index (κ3) is 1.78. The SMILES string of the molecule is CC1NC(=O)NC(C)S1. The summed E-state index contributed by atoms with van der Waals surface area (Å²) in [4.78, 5) is 10.6. The molecule has 1 heterocycles. The average molecular weight is 146 g/mol. The summed E-state index contributed by atoms with van der Waals surface area (Å²) >= 11 is 1.70. The molecule has 0 bridgehead atoms. The van der Waals surface area contributed by atoms with Gasteiger partial charge in [0.2, 0.25) is 0 Å². The number of urea groups is 1. The highest BCUT2D eigenvalue weighted by molar-refractivity contribution is 8.00. The van der Waals surface area contributed by atoms with E-state index >= 15 is 0 Å². The Labute approximate surface area is 58.6 Å². The van der Waals surface area contributed by atoms with Crippen LogP contribution < -0.4 is 10.6 Å². The third-order valence-electron chi connectivity index (χ3n) is 1.08. The molecule has 1 fully saturated rings. The highest BCUT2D eigenvalue weighted by atomic mass is 32.2. The van der Waals surface area contributed by atoms with Crippen molar-refractivity contribution < 1.29 is 4.79 Å². The fourth-order valence-corrected chi connectivity index (χ4v) is 1.75. The van der Waals surface area contributed by atoms with Crippen LogP contribution >= 0.6 is 11.8 Å². The number of carbonyl (C=O) groups is 1. The predicted octanol–water partition coefficient (Wildman–Crippen LogP) is 0.724. The summed E-state index contributed by atoms with van der Waals surface area (Å²) in [5, 5.41) is 5.93. The van der Waals surface area contributed by atoms with Crippen LogP contribution in [-0.2, 0) is 0 Å². The Bertz CT molecular complexity index is 116. The standard InChI is InChI=1S/C5H10N2OS/c1-3-6-5(8)7-4(2)9-3/h3-4H,1-2H3,(H2,6,7,8). The molecule has 52 valence electrons. The Morgan fingerprint density at radius 2 is 1.78 bits per heavy atom. The molecule has 3 nitrogen and oxygen atoms in total. The zero-order chi connectivity index (χ0) is 6.85. The van der Waals surface area contributed by atoms with E-state index < -0.39 is 0 Å². The summed E-state index contributed by atoms with van der Waals surface area (Å²) in [6, 6.07) is -0.0613. The molecule has 1 rings (SSSR count). The van der Waals surface area contributed by atoms with Gasteiger partial charge in [0.05, 0.1) is 10.7 Å². The highest BCUT2D eigenvalue weighted by Gasteiger charge is 2.18. The molecule has 0 radical (unpaired) electrons. The molecule has 0 aromatic carbocycles. The first kappa shape index (κ1) is 6.74. The molecule has 2 amide bonds. The second kappa shape index (κ2) is 2.47. The summed E-state index contributed by atoms with van der Waals surface area (Å²) in [5.41, 5.74) is 0. The van der Waals surface area contributed by atoms with Crippen LogP contribution in [0.5, 0.6) is 0 Å². The summed E-state index contributed by atoms with van der Waals surface area (Å²) in [6.45, 7) is 3.94. The van der Waals surface area contributed by atoms with Gasteiger partial charge in [-0.1, -0.05) is 0 Å². The number of amides is 2. The average Bonchev–Trinajstić information content (AvgIpc) is 1.59. The minimum absolute atomic E-state index is 0.0613. The second-order valence-corrected chi connectivity index (χ2v) is 3.72. The van der Waals surface area contributed by atoms with Gasteiger partial charge < -0.3 is 10.6 Å². The summed E-state index contributed by atoms with van der Waals surface area (Å²) < 4.78 is 0. The first-order valence-corrected chi connectivity index (χ1v) is 3.85. The number of carbonyl (C=O) groups excluding carboxylic acids is 1. The predicted molar refractivity (Wildman–Crippen MR) is 38.2 cm³/mol. The van der Waals surface area contributed by atoms with Gasteiger partial charge in [0, 0.05) is 0 Å². The van der Waals surface area contributed by atoms with Gasteiger partial charge in [-0.3, -0.25) is 0 Å². The number of thioether (sulfide) groups is 1. The summed E-state index contributed by atoms with van der Waals surface area (Å²) in [6.07, 6.45) is 0. The molecular formula is C5H10N2OS. The lowest BCUT2D eigenvalue weighted by molar-refractivity contribution is 0.239. The van der Waals surface area contributed by atoms with Gasteiger partial charge in [0.15, 0.2) is 0 Å². The van der Waals surface area contributed by atoms with Crippen LogP contribution in [0.1, 0.15) is 13.8 Å². The molecule has 1 aliphatic heterocycles.